The average molecular weight is 517 g/mol. The van der Waals surface area contributed by atoms with E-state index in [1.165, 1.54) is 0 Å². The van der Waals surface area contributed by atoms with Crippen LogP contribution in [-0.4, -0.2) is 55.4 Å². The molecule has 3 amide bonds. The van der Waals surface area contributed by atoms with Gasteiger partial charge in [0, 0.05) is 53.7 Å². The van der Waals surface area contributed by atoms with Gasteiger partial charge < -0.3 is 26.2 Å². The zero-order chi connectivity index (χ0) is 25.8. The van der Waals surface area contributed by atoms with Crippen molar-refractivity contribution in [1.82, 2.24) is 10.2 Å². The molecule has 37 heavy (non-hydrogen) atoms. The molecule has 3 aromatic rings. The van der Waals surface area contributed by atoms with Crippen LogP contribution in [-0.2, 0) is 4.79 Å². The van der Waals surface area contributed by atoms with E-state index in [0.29, 0.717) is 29.4 Å². The molecule has 0 spiro atoms. The molecule has 2 aliphatic heterocycles. The predicted molar refractivity (Wildman–Crippen MR) is 149 cm³/mol. The number of aliphatic imine (C=N–C) groups is 1. The van der Waals surface area contributed by atoms with Crippen molar-refractivity contribution < 1.29 is 9.59 Å². The normalized spacial score (nSPS) is 16.9. The fourth-order valence-corrected chi connectivity index (χ4v) is 4.84. The van der Waals surface area contributed by atoms with E-state index in [0.717, 1.165) is 35.7 Å². The minimum atomic E-state index is -0.754. The molecule has 2 unspecified atom stereocenters. The van der Waals surface area contributed by atoms with Gasteiger partial charge in [0.15, 0.2) is 0 Å². The van der Waals surface area contributed by atoms with E-state index in [4.69, 9.17) is 11.6 Å². The van der Waals surface area contributed by atoms with Gasteiger partial charge in [0.25, 0.3) is 0 Å². The molecular weight excluding hydrogens is 488 g/mol. The van der Waals surface area contributed by atoms with E-state index in [2.05, 4.69) is 37.2 Å². The molecule has 0 aromatic heterocycles. The predicted octanol–water partition coefficient (Wildman–Crippen LogP) is 4.76. The molecule has 2 aliphatic rings. The first-order valence-electron chi connectivity index (χ1n) is 12.3. The Labute approximate surface area is 221 Å². The third-order valence-electron chi connectivity index (χ3n) is 6.65. The Morgan fingerprint density at radius 1 is 1.03 bits per heavy atom. The summed E-state index contributed by atoms with van der Waals surface area (Å²) in [7, 11) is 2.02. The number of benzene rings is 3. The number of para-hydroxylation sites is 1. The summed E-state index contributed by atoms with van der Waals surface area (Å²) in [4.78, 5) is 32.9. The molecule has 9 heteroatoms. The van der Waals surface area contributed by atoms with Crippen LogP contribution in [0.5, 0.6) is 0 Å². The molecule has 4 N–H and O–H groups in total. The number of fused-ring (bicyclic) bond motifs is 1. The molecule has 0 saturated heterocycles. The van der Waals surface area contributed by atoms with Crippen LogP contribution in [0.15, 0.2) is 77.8 Å². The number of urea groups is 1. The number of amidine groups is 1. The van der Waals surface area contributed by atoms with Gasteiger partial charge >= 0.3 is 6.03 Å². The minimum absolute atomic E-state index is 0.0843. The maximum Gasteiger partial charge on any atom is 0.319 e. The lowest BCUT2D eigenvalue weighted by atomic mass is 9.93. The molecule has 0 bridgehead atoms. The van der Waals surface area contributed by atoms with Gasteiger partial charge in [-0.05, 0) is 66.6 Å². The summed E-state index contributed by atoms with van der Waals surface area (Å²) >= 11 is 5.95. The molecule has 8 nitrogen and oxygen atoms in total. The summed E-state index contributed by atoms with van der Waals surface area (Å²) in [6.45, 7) is 2.39. The number of likely N-dealkylation sites (N-methyl/N-ethyl adjacent to an activating group) is 1. The minimum Gasteiger partial charge on any atom is -0.384 e. The molecule has 5 rings (SSSR count). The van der Waals surface area contributed by atoms with Gasteiger partial charge in [-0.25, -0.2) is 4.79 Å². The van der Waals surface area contributed by atoms with Crippen LogP contribution in [0.25, 0.3) is 0 Å². The van der Waals surface area contributed by atoms with Crippen LogP contribution in [0, 0.1) is 0 Å². The summed E-state index contributed by atoms with van der Waals surface area (Å²) in [6.07, 6.45) is 0.448. The highest BCUT2D eigenvalue weighted by molar-refractivity contribution is 6.30. The SMILES string of the molecule is CN1CCN=C1c1ccc(NC(=O)C(CC2CNc3ccccc32)NC(=O)Nc2ccc(Cl)cc2)cc1. The van der Waals surface area contributed by atoms with Crippen molar-refractivity contribution in [2.45, 2.75) is 18.4 Å². The van der Waals surface area contributed by atoms with Crippen molar-refractivity contribution >= 4 is 46.4 Å². The molecule has 2 heterocycles. The van der Waals surface area contributed by atoms with Gasteiger partial charge in [0.05, 0.1) is 6.54 Å². The van der Waals surface area contributed by atoms with Crippen molar-refractivity contribution in [3.8, 4) is 0 Å². The van der Waals surface area contributed by atoms with Crippen molar-refractivity contribution in [1.29, 1.82) is 0 Å². The van der Waals surface area contributed by atoms with Crippen molar-refractivity contribution in [2.24, 2.45) is 4.99 Å². The molecule has 3 aromatic carbocycles. The topological polar surface area (TPSA) is 97.9 Å². The Hall–Kier alpha value is -4.04. The summed E-state index contributed by atoms with van der Waals surface area (Å²) in [6, 6.07) is 21.3. The summed E-state index contributed by atoms with van der Waals surface area (Å²) in [5, 5.41) is 12.6. The molecule has 190 valence electrons. The highest BCUT2D eigenvalue weighted by Crippen LogP contribution is 2.34. The van der Waals surface area contributed by atoms with Crippen molar-refractivity contribution in [2.75, 3.05) is 42.6 Å². The average Bonchev–Trinajstić information content (AvgIpc) is 3.51. The van der Waals surface area contributed by atoms with Gasteiger partial charge in [0.1, 0.15) is 11.9 Å². The fourth-order valence-electron chi connectivity index (χ4n) is 4.72. The van der Waals surface area contributed by atoms with Gasteiger partial charge in [-0.1, -0.05) is 29.8 Å². The fraction of sp³-hybridized carbons (Fsp3) is 0.250. The third-order valence-corrected chi connectivity index (χ3v) is 6.90. The largest absolute Gasteiger partial charge is 0.384 e. The number of hydrogen-bond donors (Lipinski definition) is 4. The lowest BCUT2D eigenvalue weighted by Gasteiger charge is -2.22. The van der Waals surface area contributed by atoms with E-state index in [-0.39, 0.29) is 11.8 Å². The Bertz CT molecular complexity index is 1310. The maximum absolute atomic E-state index is 13.4. The van der Waals surface area contributed by atoms with Crippen LogP contribution in [0.4, 0.5) is 21.9 Å². The van der Waals surface area contributed by atoms with E-state index < -0.39 is 12.1 Å². The second kappa shape index (κ2) is 10.9. The van der Waals surface area contributed by atoms with Crippen molar-refractivity contribution in [3.63, 3.8) is 0 Å². The van der Waals surface area contributed by atoms with Gasteiger partial charge in [-0.3, -0.25) is 9.79 Å². The van der Waals surface area contributed by atoms with E-state index in [1.807, 2.05) is 49.5 Å². The maximum atomic E-state index is 13.4. The molecule has 0 saturated carbocycles. The molecule has 0 aliphatic carbocycles. The van der Waals surface area contributed by atoms with Crippen LogP contribution in [0.1, 0.15) is 23.5 Å². The number of hydrogen-bond acceptors (Lipinski definition) is 5. The zero-order valence-corrected chi connectivity index (χ0v) is 21.3. The van der Waals surface area contributed by atoms with Crippen LogP contribution >= 0.6 is 11.6 Å². The quantitative estimate of drug-likeness (QED) is 0.364. The second-order valence-electron chi connectivity index (χ2n) is 9.25. The number of nitrogens with zero attached hydrogens (tertiary/aromatic N) is 2. The van der Waals surface area contributed by atoms with E-state index >= 15 is 0 Å². The number of rotatable bonds is 7. The molecular formula is C28H29ClN6O2. The monoisotopic (exact) mass is 516 g/mol. The molecule has 0 fully saturated rings. The van der Waals surface area contributed by atoms with E-state index in [1.54, 1.807) is 24.3 Å². The van der Waals surface area contributed by atoms with Crippen LogP contribution in [0.2, 0.25) is 5.02 Å². The molecule has 2 atom stereocenters. The standard InChI is InChI=1S/C28H29ClN6O2/c1-35-15-14-30-26(35)18-6-10-21(11-7-18)32-27(36)25(16-19-17-31-24-5-3-2-4-23(19)24)34-28(37)33-22-12-8-20(29)9-13-22/h2-13,19,25,31H,14-17H2,1H3,(H,32,36)(H2,33,34,37). The lowest BCUT2D eigenvalue weighted by molar-refractivity contribution is -0.118. The first kappa shape index (κ1) is 24.6. The number of carbonyl (C=O) groups excluding carboxylic acids is 2. The summed E-state index contributed by atoms with van der Waals surface area (Å²) in [5.41, 5.74) is 4.46. The highest BCUT2D eigenvalue weighted by Gasteiger charge is 2.30. The lowest BCUT2D eigenvalue weighted by Crippen LogP contribution is -2.46. The Balaban J connectivity index is 1.30. The van der Waals surface area contributed by atoms with E-state index in [9.17, 15) is 9.59 Å². The van der Waals surface area contributed by atoms with Crippen LogP contribution < -0.4 is 21.3 Å². The Morgan fingerprint density at radius 2 is 1.73 bits per heavy atom. The number of carbonyl (C=O) groups is 2. The number of anilines is 3. The Morgan fingerprint density at radius 3 is 2.46 bits per heavy atom. The number of nitrogens with one attached hydrogen (secondary N) is 4. The number of halogens is 1. The zero-order valence-electron chi connectivity index (χ0n) is 20.5. The smallest absolute Gasteiger partial charge is 0.319 e. The van der Waals surface area contributed by atoms with Crippen LogP contribution in [0.3, 0.4) is 0 Å². The first-order valence-corrected chi connectivity index (χ1v) is 12.7. The van der Waals surface area contributed by atoms with Gasteiger partial charge in [0.2, 0.25) is 5.91 Å². The highest BCUT2D eigenvalue weighted by atomic mass is 35.5. The first-order chi connectivity index (χ1) is 18.0. The summed E-state index contributed by atoms with van der Waals surface area (Å²) < 4.78 is 0. The van der Waals surface area contributed by atoms with Gasteiger partial charge in [-0.15, -0.1) is 0 Å². The molecule has 0 radical (unpaired) electrons. The second-order valence-corrected chi connectivity index (χ2v) is 9.69. The third kappa shape index (κ3) is 5.86. The number of amides is 3. The van der Waals surface area contributed by atoms with Crippen molar-refractivity contribution in [3.05, 3.63) is 88.9 Å². The Kier molecular flexibility index (Phi) is 7.28. The van der Waals surface area contributed by atoms with Gasteiger partial charge in [-0.2, -0.15) is 0 Å². The summed E-state index contributed by atoms with van der Waals surface area (Å²) in [5.74, 6) is 0.753.